The Bertz CT molecular complexity index is 539. The van der Waals surface area contributed by atoms with E-state index in [9.17, 15) is 4.79 Å². The third-order valence-corrected chi connectivity index (χ3v) is 4.51. The van der Waals surface area contributed by atoms with Crippen LogP contribution in [0.3, 0.4) is 0 Å². The number of hydrogen-bond donors (Lipinski definition) is 1. The maximum Gasteiger partial charge on any atom is 0.323 e. The molecule has 2 heterocycles. The fraction of sp³-hybridized carbons (Fsp3) is 0.688. The molecule has 0 unspecified atom stereocenters. The van der Waals surface area contributed by atoms with E-state index >= 15 is 0 Å². The number of anilines is 2. The third-order valence-electron chi connectivity index (χ3n) is 4.51. The van der Waals surface area contributed by atoms with E-state index in [2.05, 4.69) is 15.3 Å². The number of rotatable bonds is 4. The molecular formula is C16H25N5O2. The highest BCUT2D eigenvalue weighted by Gasteiger charge is 2.27. The van der Waals surface area contributed by atoms with Crippen molar-refractivity contribution in [2.75, 3.05) is 37.4 Å². The number of carbonyl (C=O) groups excluding carboxylic acids is 1. The van der Waals surface area contributed by atoms with Crippen molar-refractivity contribution in [1.82, 2.24) is 14.9 Å². The minimum absolute atomic E-state index is 0.101. The van der Waals surface area contributed by atoms with Gasteiger partial charge >= 0.3 is 6.03 Å². The van der Waals surface area contributed by atoms with Crippen LogP contribution in [0.2, 0.25) is 0 Å². The number of amides is 2. The van der Waals surface area contributed by atoms with Crippen molar-refractivity contribution in [1.29, 1.82) is 0 Å². The van der Waals surface area contributed by atoms with E-state index in [1.807, 2.05) is 23.9 Å². The summed E-state index contributed by atoms with van der Waals surface area (Å²) in [4.78, 5) is 24.3. The average molecular weight is 319 g/mol. The average Bonchev–Trinajstić information content (AvgIpc) is 2.51. The van der Waals surface area contributed by atoms with E-state index in [1.165, 1.54) is 25.6 Å². The molecule has 0 aromatic carbocycles. The number of nitrogens with zero attached hydrogens (tertiary/aromatic N) is 4. The zero-order chi connectivity index (χ0) is 16.2. The highest BCUT2D eigenvalue weighted by Crippen LogP contribution is 2.26. The van der Waals surface area contributed by atoms with Crippen LogP contribution in [0, 0.1) is 0 Å². The predicted octanol–water partition coefficient (Wildman–Crippen LogP) is 2.11. The van der Waals surface area contributed by atoms with Crippen LogP contribution < -0.4 is 10.2 Å². The van der Waals surface area contributed by atoms with Crippen LogP contribution in [-0.4, -0.2) is 60.3 Å². The molecule has 1 aliphatic carbocycles. The molecule has 0 spiro atoms. The van der Waals surface area contributed by atoms with Crippen molar-refractivity contribution in [2.24, 2.45) is 0 Å². The summed E-state index contributed by atoms with van der Waals surface area (Å²) in [6, 6.07) is 1.67. The Labute approximate surface area is 137 Å². The molecule has 1 saturated heterocycles. The first-order valence-corrected chi connectivity index (χ1v) is 8.32. The lowest BCUT2D eigenvalue weighted by atomic mass is 9.95. The van der Waals surface area contributed by atoms with Gasteiger partial charge in [-0.3, -0.25) is 5.32 Å². The number of aromatic nitrogens is 2. The number of hydrogen-bond acceptors (Lipinski definition) is 5. The molecule has 2 fully saturated rings. The van der Waals surface area contributed by atoms with E-state index in [1.54, 1.807) is 6.07 Å². The zero-order valence-electron chi connectivity index (χ0n) is 13.9. The molecule has 1 N–H and O–H groups in total. The predicted molar refractivity (Wildman–Crippen MR) is 88.7 cm³/mol. The van der Waals surface area contributed by atoms with Gasteiger partial charge in [0.25, 0.3) is 0 Å². The minimum Gasteiger partial charge on any atom is -0.375 e. The summed E-state index contributed by atoms with van der Waals surface area (Å²) in [6.07, 6.45) is 7.75. The maximum absolute atomic E-state index is 12.3. The van der Waals surface area contributed by atoms with Crippen LogP contribution in [0.5, 0.6) is 0 Å². The van der Waals surface area contributed by atoms with Gasteiger partial charge in [-0.2, -0.15) is 0 Å². The summed E-state index contributed by atoms with van der Waals surface area (Å²) in [5, 5.41) is 2.85. The quantitative estimate of drug-likeness (QED) is 0.920. The second-order valence-electron chi connectivity index (χ2n) is 6.46. The first-order chi connectivity index (χ1) is 11.1. The largest absolute Gasteiger partial charge is 0.375 e. The highest BCUT2D eigenvalue weighted by molar-refractivity contribution is 5.88. The SMILES string of the molecule is CN(C)c1cc(NC(=O)N2CCC(OC3CCC3)CC2)ncn1. The molecule has 1 saturated carbocycles. The molecule has 1 aromatic heterocycles. The molecular weight excluding hydrogens is 294 g/mol. The third kappa shape index (κ3) is 4.10. The number of likely N-dealkylation sites (tertiary alicyclic amines) is 1. The molecule has 0 radical (unpaired) electrons. The molecule has 7 nitrogen and oxygen atoms in total. The molecule has 7 heteroatoms. The van der Waals surface area contributed by atoms with Gasteiger partial charge < -0.3 is 14.5 Å². The molecule has 2 aliphatic rings. The van der Waals surface area contributed by atoms with Gasteiger partial charge in [0.1, 0.15) is 18.0 Å². The summed E-state index contributed by atoms with van der Waals surface area (Å²) >= 11 is 0. The lowest BCUT2D eigenvalue weighted by Crippen LogP contribution is -2.44. The van der Waals surface area contributed by atoms with Crippen LogP contribution in [0.15, 0.2) is 12.4 Å². The van der Waals surface area contributed by atoms with Crippen LogP contribution in [0.1, 0.15) is 32.1 Å². The molecule has 126 valence electrons. The molecule has 1 aliphatic heterocycles. The van der Waals surface area contributed by atoms with Gasteiger partial charge in [0, 0.05) is 33.3 Å². The first kappa shape index (κ1) is 16.0. The molecule has 0 bridgehead atoms. The number of nitrogens with one attached hydrogen (secondary N) is 1. The Hall–Kier alpha value is -1.89. The zero-order valence-corrected chi connectivity index (χ0v) is 13.9. The van der Waals surface area contributed by atoms with Gasteiger partial charge in [0.05, 0.1) is 12.2 Å². The van der Waals surface area contributed by atoms with Crippen molar-refractivity contribution in [2.45, 2.75) is 44.3 Å². The Morgan fingerprint density at radius 3 is 2.52 bits per heavy atom. The molecule has 23 heavy (non-hydrogen) atoms. The van der Waals surface area contributed by atoms with Crippen LogP contribution in [0.4, 0.5) is 16.4 Å². The Morgan fingerprint density at radius 2 is 1.91 bits per heavy atom. The van der Waals surface area contributed by atoms with Crippen molar-refractivity contribution in [3.8, 4) is 0 Å². The lowest BCUT2D eigenvalue weighted by Gasteiger charge is -2.36. The fourth-order valence-electron chi connectivity index (χ4n) is 2.82. The fourth-order valence-corrected chi connectivity index (χ4v) is 2.82. The van der Waals surface area contributed by atoms with Crippen molar-refractivity contribution in [3.63, 3.8) is 0 Å². The second kappa shape index (κ2) is 7.12. The van der Waals surface area contributed by atoms with Gasteiger partial charge in [-0.1, -0.05) is 0 Å². The molecule has 0 atom stereocenters. The topological polar surface area (TPSA) is 70.6 Å². The summed E-state index contributed by atoms with van der Waals surface area (Å²) in [5.41, 5.74) is 0. The Balaban J connectivity index is 1.48. The van der Waals surface area contributed by atoms with Crippen LogP contribution in [-0.2, 0) is 4.74 Å². The number of ether oxygens (including phenoxy) is 1. The molecule has 1 aromatic rings. The number of urea groups is 1. The highest BCUT2D eigenvalue weighted by atomic mass is 16.5. The van der Waals surface area contributed by atoms with Crippen molar-refractivity contribution < 1.29 is 9.53 Å². The number of piperidine rings is 1. The van der Waals surface area contributed by atoms with E-state index < -0.39 is 0 Å². The van der Waals surface area contributed by atoms with Crippen molar-refractivity contribution in [3.05, 3.63) is 12.4 Å². The normalized spacial score (nSPS) is 19.3. The van der Waals surface area contributed by atoms with E-state index in [0.717, 1.165) is 31.7 Å². The Morgan fingerprint density at radius 1 is 1.22 bits per heavy atom. The van der Waals surface area contributed by atoms with Gasteiger partial charge in [0.2, 0.25) is 0 Å². The van der Waals surface area contributed by atoms with Gasteiger partial charge in [-0.05, 0) is 32.1 Å². The second-order valence-corrected chi connectivity index (χ2v) is 6.46. The van der Waals surface area contributed by atoms with Crippen molar-refractivity contribution >= 4 is 17.7 Å². The summed E-state index contributed by atoms with van der Waals surface area (Å²) in [6.45, 7) is 1.46. The smallest absolute Gasteiger partial charge is 0.323 e. The maximum atomic E-state index is 12.3. The van der Waals surface area contributed by atoms with Crippen LogP contribution >= 0.6 is 0 Å². The monoisotopic (exact) mass is 319 g/mol. The number of carbonyl (C=O) groups is 1. The first-order valence-electron chi connectivity index (χ1n) is 8.32. The van der Waals surface area contributed by atoms with E-state index in [0.29, 0.717) is 18.0 Å². The minimum atomic E-state index is -0.101. The summed E-state index contributed by atoms with van der Waals surface area (Å²) < 4.78 is 6.03. The van der Waals surface area contributed by atoms with Crippen LogP contribution in [0.25, 0.3) is 0 Å². The molecule has 3 rings (SSSR count). The lowest BCUT2D eigenvalue weighted by molar-refractivity contribution is -0.0694. The van der Waals surface area contributed by atoms with Gasteiger partial charge in [-0.25, -0.2) is 14.8 Å². The Kier molecular flexibility index (Phi) is 4.95. The van der Waals surface area contributed by atoms with Gasteiger partial charge in [-0.15, -0.1) is 0 Å². The summed E-state index contributed by atoms with van der Waals surface area (Å²) in [5.74, 6) is 1.30. The standard InChI is InChI=1S/C16H25N5O2/c1-20(2)15-10-14(17-11-18-15)19-16(22)21-8-6-13(7-9-21)23-12-4-3-5-12/h10-13H,3-9H2,1-2H3,(H,17,18,19,22). The summed E-state index contributed by atoms with van der Waals surface area (Å²) in [7, 11) is 3.81. The van der Waals surface area contributed by atoms with E-state index in [-0.39, 0.29) is 6.03 Å². The van der Waals surface area contributed by atoms with E-state index in [4.69, 9.17) is 4.74 Å². The van der Waals surface area contributed by atoms with Gasteiger partial charge in [0.15, 0.2) is 0 Å². The molecule has 2 amide bonds.